The van der Waals surface area contributed by atoms with E-state index in [9.17, 15) is 13.2 Å². The van der Waals surface area contributed by atoms with Crippen LogP contribution < -0.4 is 5.32 Å². The number of hydrogen-bond acceptors (Lipinski definition) is 3. The summed E-state index contributed by atoms with van der Waals surface area (Å²) < 4.78 is 25.8. The second-order valence-electron chi connectivity index (χ2n) is 5.59. The van der Waals surface area contributed by atoms with Gasteiger partial charge in [-0.05, 0) is 25.7 Å². The first-order valence-electron chi connectivity index (χ1n) is 7.53. The van der Waals surface area contributed by atoms with Crippen molar-refractivity contribution in [1.82, 2.24) is 14.5 Å². The highest BCUT2D eigenvalue weighted by molar-refractivity contribution is 7.90. The first-order valence-corrected chi connectivity index (χ1v) is 9.03. The number of hydrogen-bond donors (Lipinski definition) is 1. The highest BCUT2D eigenvalue weighted by Crippen LogP contribution is 2.31. The molecule has 0 radical (unpaired) electrons. The summed E-state index contributed by atoms with van der Waals surface area (Å²) in [5.74, 6) is 0. The minimum atomic E-state index is -3.10. The van der Waals surface area contributed by atoms with Crippen LogP contribution in [0.4, 0.5) is 4.79 Å². The summed E-state index contributed by atoms with van der Waals surface area (Å²) in [6.07, 6.45) is 3.41. The molecule has 2 rings (SSSR count). The smallest absolute Gasteiger partial charge is 0.317 e. The molecule has 116 valence electrons. The molecule has 20 heavy (non-hydrogen) atoms. The summed E-state index contributed by atoms with van der Waals surface area (Å²) in [4.78, 5) is 13.8. The lowest BCUT2D eigenvalue weighted by molar-refractivity contribution is 0.168. The Labute approximate surface area is 121 Å². The van der Waals surface area contributed by atoms with Gasteiger partial charge in [0.25, 0.3) is 0 Å². The van der Waals surface area contributed by atoms with Gasteiger partial charge >= 0.3 is 6.03 Å². The third kappa shape index (κ3) is 3.44. The predicted molar refractivity (Wildman–Crippen MR) is 78.0 cm³/mol. The largest absolute Gasteiger partial charge is 0.335 e. The zero-order chi connectivity index (χ0) is 14.8. The molecule has 0 unspecified atom stereocenters. The third-order valence-electron chi connectivity index (χ3n) is 4.14. The van der Waals surface area contributed by atoms with Gasteiger partial charge in [0.15, 0.2) is 0 Å². The van der Waals surface area contributed by atoms with Gasteiger partial charge in [-0.3, -0.25) is 0 Å². The fourth-order valence-corrected chi connectivity index (χ4v) is 4.31. The van der Waals surface area contributed by atoms with E-state index < -0.39 is 10.0 Å². The summed E-state index contributed by atoms with van der Waals surface area (Å²) in [6.45, 7) is 5.92. The third-order valence-corrected chi connectivity index (χ3v) is 6.54. The number of carbonyl (C=O) groups excluding carboxylic acids is 1. The Morgan fingerprint density at radius 1 is 1.15 bits per heavy atom. The Bertz CT molecular complexity index is 436. The van der Waals surface area contributed by atoms with E-state index in [1.807, 2.05) is 0 Å². The Morgan fingerprint density at radius 2 is 1.70 bits per heavy atom. The fraction of sp³-hybridized carbons (Fsp3) is 0.923. The number of amides is 2. The molecule has 2 amide bonds. The van der Waals surface area contributed by atoms with Crippen molar-refractivity contribution < 1.29 is 13.2 Å². The number of urea groups is 1. The molecule has 1 N–H and O–H groups in total. The van der Waals surface area contributed by atoms with Crippen LogP contribution in [-0.2, 0) is 10.0 Å². The van der Waals surface area contributed by atoms with E-state index in [0.717, 1.165) is 25.7 Å². The first-order chi connectivity index (χ1) is 9.48. The second-order valence-corrected chi connectivity index (χ2v) is 7.81. The maximum absolute atomic E-state index is 12.1. The molecule has 0 atom stereocenters. The molecular formula is C13H25N3O3S. The van der Waals surface area contributed by atoms with E-state index in [0.29, 0.717) is 26.2 Å². The summed E-state index contributed by atoms with van der Waals surface area (Å²) in [5.41, 5.74) is 0. The molecule has 0 aromatic carbocycles. The minimum Gasteiger partial charge on any atom is -0.335 e. The number of nitrogens with zero attached hydrogens (tertiary/aromatic N) is 2. The molecule has 1 saturated heterocycles. The lowest BCUT2D eigenvalue weighted by atomic mass is 10.2. The van der Waals surface area contributed by atoms with Gasteiger partial charge < -0.3 is 10.2 Å². The van der Waals surface area contributed by atoms with Gasteiger partial charge in [0.2, 0.25) is 10.0 Å². The van der Waals surface area contributed by atoms with Crippen LogP contribution in [0.25, 0.3) is 0 Å². The Morgan fingerprint density at radius 3 is 2.15 bits per heavy atom. The zero-order valence-electron chi connectivity index (χ0n) is 12.3. The van der Waals surface area contributed by atoms with Crippen LogP contribution in [0.1, 0.15) is 39.5 Å². The highest BCUT2D eigenvalue weighted by atomic mass is 32.2. The van der Waals surface area contributed by atoms with Gasteiger partial charge in [0, 0.05) is 32.2 Å². The van der Waals surface area contributed by atoms with Crippen LogP contribution in [0.3, 0.4) is 0 Å². The van der Waals surface area contributed by atoms with Gasteiger partial charge in [-0.15, -0.1) is 0 Å². The predicted octanol–water partition coefficient (Wildman–Crippen LogP) is 0.994. The summed E-state index contributed by atoms with van der Waals surface area (Å²) in [5, 5.41) is 2.83. The molecule has 2 aliphatic rings. The van der Waals surface area contributed by atoms with Gasteiger partial charge in [-0.25, -0.2) is 13.2 Å². The number of rotatable bonds is 5. The van der Waals surface area contributed by atoms with E-state index in [4.69, 9.17) is 0 Å². The SMILES string of the molecule is CCC(CC)NC(=O)N1CCN(S(=O)(=O)C2CC2)CC1. The van der Waals surface area contributed by atoms with Crippen molar-refractivity contribution >= 4 is 16.1 Å². The van der Waals surface area contributed by atoms with Crippen molar-refractivity contribution in [3.8, 4) is 0 Å². The van der Waals surface area contributed by atoms with Crippen LogP contribution in [0.15, 0.2) is 0 Å². The maximum Gasteiger partial charge on any atom is 0.317 e. The average molecular weight is 303 g/mol. The maximum atomic E-state index is 12.1. The molecule has 7 heteroatoms. The van der Waals surface area contributed by atoms with E-state index in [-0.39, 0.29) is 17.3 Å². The molecule has 6 nitrogen and oxygen atoms in total. The molecule has 1 aliphatic carbocycles. The lowest BCUT2D eigenvalue weighted by Gasteiger charge is -2.34. The standard InChI is InChI=1S/C13H25N3O3S/c1-3-11(4-2)14-13(17)15-7-9-16(10-8-15)20(18,19)12-5-6-12/h11-12H,3-10H2,1-2H3,(H,14,17). The number of sulfonamides is 1. The van der Waals surface area contributed by atoms with Crippen LogP contribution in [-0.4, -0.2) is 61.1 Å². The summed E-state index contributed by atoms with van der Waals surface area (Å²) in [7, 11) is -3.10. The monoisotopic (exact) mass is 303 g/mol. The average Bonchev–Trinajstić information content (AvgIpc) is 3.29. The molecule has 0 aromatic heterocycles. The number of piperazine rings is 1. The molecule has 0 aromatic rings. The van der Waals surface area contributed by atoms with Crippen molar-refractivity contribution in [2.75, 3.05) is 26.2 Å². The minimum absolute atomic E-state index is 0.0674. The number of nitrogens with one attached hydrogen (secondary N) is 1. The van der Waals surface area contributed by atoms with Crippen LogP contribution >= 0.6 is 0 Å². The second kappa shape index (κ2) is 6.30. The molecule has 1 aliphatic heterocycles. The number of carbonyl (C=O) groups is 1. The van der Waals surface area contributed by atoms with E-state index in [1.54, 1.807) is 9.21 Å². The zero-order valence-corrected chi connectivity index (χ0v) is 13.2. The Balaban J connectivity index is 1.83. The van der Waals surface area contributed by atoms with E-state index in [1.165, 1.54) is 0 Å². The van der Waals surface area contributed by atoms with Gasteiger partial charge in [0.1, 0.15) is 0 Å². The van der Waals surface area contributed by atoms with Crippen molar-refractivity contribution in [1.29, 1.82) is 0 Å². The van der Waals surface area contributed by atoms with Crippen LogP contribution in [0.5, 0.6) is 0 Å². The van der Waals surface area contributed by atoms with Crippen molar-refractivity contribution in [2.24, 2.45) is 0 Å². The van der Waals surface area contributed by atoms with Gasteiger partial charge in [0.05, 0.1) is 5.25 Å². The quantitative estimate of drug-likeness (QED) is 0.823. The fourth-order valence-electron chi connectivity index (χ4n) is 2.48. The van der Waals surface area contributed by atoms with Crippen molar-refractivity contribution in [2.45, 2.75) is 50.8 Å². The van der Waals surface area contributed by atoms with Gasteiger partial charge in [-0.2, -0.15) is 4.31 Å². The molecule has 1 heterocycles. The lowest BCUT2D eigenvalue weighted by Crippen LogP contribution is -2.54. The van der Waals surface area contributed by atoms with Crippen molar-refractivity contribution in [3.63, 3.8) is 0 Å². The molecule has 0 bridgehead atoms. The van der Waals surface area contributed by atoms with Crippen molar-refractivity contribution in [3.05, 3.63) is 0 Å². The summed E-state index contributed by atoms with van der Waals surface area (Å²) >= 11 is 0. The first kappa shape index (κ1) is 15.6. The van der Waals surface area contributed by atoms with E-state index >= 15 is 0 Å². The van der Waals surface area contributed by atoms with E-state index in [2.05, 4.69) is 19.2 Å². The molecule has 0 spiro atoms. The highest BCUT2D eigenvalue weighted by Gasteiger charge is 2.41. The Kier molecular flexibility index (Phi) is 4.90. The normalized spacial score (nSPS) is 21.2. The molecule has 1 saturated carbocycles. The van der Waals surface area contributed by atoms with Gasteiger partial charge in [-0.1, -0.05) is 13.8 Å². The molecule has 2 fully saturated rings. The Hall–Kier alpha value is -0.820. The topological polar surface area (TPSA) is 69.7 Å². The van der Waals surface area contributed by atoms with Crippen LogP contribution in [0, 0.1) is 0 Å². The summed E-state index contributed by atoms with van der Waals surface area (Å²) in [6, 6.07) is 0.137. The van der Waals surface area contributed by atoms with Crippen LogP contribution in [0.2, 0.25) is 0 Å². The molecular weight excluding hydrogens is 278 g/mol.